The van der Waals surface area contributed by atoms with Gasteiger partial charge < -0.3 is 15.4 Å². The van der Waals surface area contributed by atoms with E-state index in [2.05, 4.69) is 0 Å². The van der Waals surface area contributed by atoms with Crippen molar-refractivity contribution in [2.45, 2.75) is 0 Å². The lowest BCUT2D eigenvalue weighted by Crippen LogP contribution is -2.09. The van der Waals surface area contributed by atoms with E-state index >= 15 is 0 Å². The minimum Gasteiger partial charge on any atom is -0.478 e. The van der Waals surface area contributed by atoms with Crippen molar-refractivity contribution >= 4 is 24.1 Å². The average molecular weight is 213 g/mol. The first-order valence-corrected chi connectivity index (χ1v) is 6.61. The molecule has 0 aromatic heterocycles. The van der Waals surface area contributed by atoms with Crippen molar-refractivity contribution < 1.29 is 14.5 Å². The fourth-order valence-electron chi connectivity index (χ4n) is 1.08. The molecule has 0 heterocycles. The number of carboxylic acids is 1. The summed E-state index contributed by atoms with van der Waals surface area (Å²) in [6, 6.07) is 4.39. The third kappa shape index (κ3) is 2.15. The molecule has 0 saturated carbocycles. The first kappa shape index (κ1) is 10.8. The first-order valence-electron chi connectivity index (χ1n) is 4.01. The molecule has 0 bridgehead atoms. The van der Waals surface area contributed by atoms with Crippen LogP contribution < -0.4 is 11.0 Å². The van der Waals surface area contributed by atoms with Gasteiger partial charge in [-0.3, -0.25) is 0 Å². The molecule has 0 atom stereocenters. The minimum absolute atomic E-state index is 0.0437. The Morgan fingerprint density at radius 2 is 2.00 bits per heavy atom. The Hall–Kier alpha value is -1.28. The molecule has 0 aliphatic heterocycles. The summed E-state index contributed by atoms with van der Waals surface area (Å²) in [7, 11) is -2.37. The molecule has 5 heteroatoms. The van der Waals surface area contributed by atoms with E-state index in [4.69, 9.17) is 10.8 Å². The van der Waals surface area contributed by atoms with E-state index in [0.717, 1.165) is 0 Å². The van der Waals surface area contributed by atoms with Gasteiger partial charge in [0.05, 0.1) is 5.56 Å². The van der Waals surface area contributed by atoms with Crippen molar-refractivity contribution in [3.8, 4) is 0 Å². The quantitative estimate of drug-likeness (QED) is 0.571. The number of benzene rings is 1. The zero-order valence-electron chi connectivity index (χ0n) is 8.02. The Bertz CT molecular complexity index is 422. The van der Waals surface area contributed by atoms with E-state index in [1.54, 1.807) is 19.4 Å². The molecule has 76 valence electrons. The van der Waals surface area contributed by atoms with E-state index in [-0.39, 0.29) is 11.3 Å². The Labute approximate surface area is 82.1 Å². The molecule has 0 spiro atoms. The topological polar surface area (TPSA) is 80.4 Å². The first-order chi connectivity index (χ1) is 6.32. The molecule has 3 N–H and O–H groups in total. The maximum Gasteiger partial charge on any atom is 0.337 e. The van der Waals surface area contributed by atoms with Crippen LogP contribution in [0.25, 0.3) is 0 Å². The van der Waals surface area contributed by atoms with Crippen molar-refractivity contribution in [1.82, 2.24) is 0 Å². The zero-order valence-corrected chi connectivity index (χ0v) is 8.91. The number of anilines is 1. The molecular formula is C9H12NO3P. The molecule has 1 aromatic carbocycles. The molecular weight excluding hydrogens is 201 g/mol. The summed E-state index contributed by atoms with van der Waals surface area (Å²) in [6.07, 6.45) is 0. The van der Waals surface area contributed by atoms with Crippen LogP contribution in [0.3, 0.4) is 0 Å². The van der Waals surface area contributed by atoms with Crippen LogP contribution in [0.2, 0.25) is 0 Å². The summed E-state index contributed by atoms with van der Waals surface area (Å²) in [4.78, 5) is 10.6. The van der Waals surface area contributed by atoms with Gasteiger partial charge in [0.25, 0.3) is 0 Å². The molecule has 4 nitrogen and oxygen atoms in total. The van der Waals surface area contributed by atoms with Crippen LogP contribution >= 0.6 is 7.14 Å². The SMILES string of the molecule is CP(C)(=O)c1ccc(C(=O)O)c(N)c1. The smallest absolute Gasteiger partial charge is 0.337 e. The van der Waals surface area contributed by atoms with E-state index in [1.807, 2.05) is 0 Å². The number of carboxylic acid groups (broad SMARTS) is 1. The molecule has 1 aromatic rings. The molecule has 0 aliphatic rings. The highest BCUT2D eigenvalue weighted by Gasteiger charge is 2.14. The Morgan fingerprint density at radius 3 is 2.36 bits per heavy atom. The molecule has 0 saturated heterocycles. The van der Waals surface area contributed by atoms with Crippen molar-refractivity contribution in [3.63, 3.8) is 0 Å². The lowest BCUT2D eigenvalue weighted by Gasteiger charge is -2.08. The van der Waals surface area contributed by atoms with Gasteiger partial charge in [-0.15, -0.1) is 0 Å². The van der Waals surface area contributed by atoms with Crippen LogP contribution in [0.15, 0.2) is 18.2 Å². The van der Waals surface area contributed by atoms with Crippen LogP contribution in [-0.2, 0) is 4.57 Å². The number of rotatable bonds is 2. The van der Waals surface area contributed by atoms with Crippen LogP contribution in [0.1, 0.15) is 10.4 Å². The Kier molecular flexibility index (Phi) is 2.67. The van der Waals surface area contributed by atoms with Crippen molar-refractivity contribution in [3.05, 3.63) is 23.8 Å². The van der Waals surface area contributed by atoms with Crippen molar-refractivity contribution in [2.75, 3.05) is 19.1 Å². The lowest BCUT2D eigenvalue weighted by molar-refractivity contribution is 0.0698. The maximum atomic E-state index is 11.6. The summed E-state index contributed by atoms with van der Waals surface area (Å²) in [5, 5.41) is 9.31. The molecule has 0 fully saturated rings. The summed E-state index contributed by atoms with van der Waals surface area (Å²) >= 11 is 0. The van der Waals surface area contributed by atoms with E-state index in [9.17, 15) is 9.36 Å². The summed E-state index contributed by atoms with van der Waals surface area (Å²) < 4.78 is 11.6. The van der Waals surface area contributed by atoms with Gasteiger partial charge in [0.2, 0.25) is 0 Å². The van der Waals surface area contributed by atoms with E-state index in [0.29, 0.717) is 5.30 Å². The fourth-order valence-corrected chi connectivity index (χ4v) is 1.96. The van der Waals surface area contributed by atoms with E-state index < -0.39 is 13.1 Å². The minimum atomic E-state index is -2.37. The lowest BCUT2D eigenvalue weighted by atomic mass is 10.2. The van der Waals surface area contributed by atoms with Gasteiger partial charge in [-0.2, -0.15) is 0 Å². The third-order valence-electron chi connectivity index (χ3n) is 1.89. The molecule has 0 aliphatic carbocycles. The summed E-state index contributed by atoms with van der Waals surface area (Å²) in [6.45, 7) is 3.23. The van der Waals surface area contributed by atoms with Gasteiger partial charge >= 0.3 is 5.97 Å². The number of hydrogen-bond acceptors (Lipinski definition) is 3. The standard InChI is InChI=1S/C9H12NO3P/c1-14(2,13)6-3-4-7(9(11)12)8(10)5-6/h3-5H,10H2,1-2H3,(H,11,12). The largest absolute Gasteiger partial charge is 0.478 e. The van der Waals surface area contributed by atoms with Gasteiger partial charge in [-0.1, -0.05) is 6.07 Å². The average Bonchev–Trinajstić information content (AvgIpc) is 2.01. The normalized spacial score (nSPS) is 11.3. The Balaban J connectivity index is 3.27. The van der Waals surface area contributed by atoms with Gasteiger partial charge in [-0.05, 0) is 25.5 Å². The Morgan fingerprint density at radius 1 is 1.43 bits per heavy atom. The molecule has 1 rings (SSSR count). The highest BCUT2D eigenvalue weighted by atomic mass is 31.2. The van der Waals surface area contributed by atoms with Gasteiger partial charge in [0, 0.05) is 11.0 Å². The fraction of sp³-hybridized carbons (Fsp3) is 0.222. The highest BCUT2D eigenvalue weighted by molar-refractivity contribution is 7.70. The third-order valence-corrected chi connectivity index (χ3v) is 3.41. The number of aromatic carboxylic acids is 1. The maximum absolute atomic E-state index is 11.6. The van der Waals surface area contributed by atoms with Crippen LogP contribution in [-0.4, -0.2) is 24.4 Å². The predicted molar refractivity (Wildman–Crippen MR) is 56.9 cm³/mol. The second-order valence-electron chi connectivity index (χ2n) is 3.43. The van der Waals surface area contributed by atoms with Crippen LogP contribution in [0.5, 0.6) is 0 Å². The molecule has 0 radical (unpaired) electrons. The van der Waals surface area contributed by atoms with Crippen molar-refractivity contribution in [1.29, 1.82) is 0 Å². The molecule has 0 unspecified atom stereocenters. The van der Waals surface area contributed by atoms with Crippen LogP contribution in [0.4, 0.5) is 5.69 Å². The second kappa shape index (κ2) is 3.46. The summed E-state index contributed by atoms with van der Waals surface area (Å²) in [5.74, 6) is -1.07. The summed E-state index contributed by atoms with van der Waals surface area (Å²) in [5.41, 5.74) is 5.71. The zero-order chi connectivity index (χ0) is 10.9. The van der Waals surface area contributed by atoms with Gasteiger partial charge in [0.1, 0.15) is 7.14 Å². The highest BCUT2D eigenvalue weighted by Crippen LogP contribution is 2.35. The van der Waals surface area contributed by atoms with Gasteiger partial charge in [-0.25, -0.2) is 4.79 Å². The number of carbonyl (C=O) groups is 1. The van der Waals surface area contributed by atoms with Gasteiger partial charge in [0.15, 0.2) is 0 Å². The number of nitrogens with two attached hydrogens (primary N) is 1. The molecule has 14 heavy (non-hydrogen) atoms. The predicted octanol–water partition coefficient (Wildman–Crippen LogP) is 1.21. The number of hydrogen-bond donors (Lipinski definition) is 2. The monoisotopic (exact) mass is 213 g/mol. The van der Waals surface area contributed by atoms with Crippen LogP contribution in [0, 0.1) is 0 Å². The molecule has 0 amide bonds. The van der Waals surface area contributed by atoms with E-state index in [1.165, 1.54) is 12.1 Å². The van der Waals surface area contributed by atoms with Crippen molar-refractivity contribution in [2.24, 2.45) is 0 Å². The number of nitrogen functional groups attached to an aromatic ring is 1. The second-order valence-corrected chi connectivity index (χ2v) is 6.65.